The van der Waals surface area contributed by atoms with E-state index in [9.17, 15) is 0 Å². The van der Waals surface area contributed by atoms with Gasteiger partial charge >= 0.3 is 0 Å². The number of rotatable bonds is 3. The highest BCUT2D eigenvalue weighted by Gasteiger charge is 2.27. The summed E-state index contributed by atoms with van der Waals surface area (Å²) in [5, 5.41) is 3.54. The maximum atomic E-state index is 5.80. The summed E-state index contributed by atoms with van der Waals surface area (Å²) in [5.41, 5.74) is 4.13. The van der Waals surface area contributed by atoms with Crippen LogP contribution in [0, 0.1) is 6.92 Å². The Morgan fingerprint density at radius 2 is 2.00 bits per heavy atom. The highest BCUT2D eigenvalue weighted by molar-refractivity contribution is 5.55. The van der Waals surface area contributed by atoms with Crippen molar-refractivity contribution in [1.82, 2.24) is 5.32 Å². The van der Waals surface area contributed by atoms with Gasteiger partial charge in [0.25, 0.3) is 0 Å². The van der Waals surface area contributed by atoms with Crippen LogP contribution in [-0.4, -0.2) is 30.8 Å². The topological polar surface area (TPSA) is 24.5 Å². The Balaban J connectivity index is 2.09. The molecule has 3 nitrogen and oxygen atoms in total. The summed E-state index contributed by atoms with van der Waals surface area (Å²) in [6.07, 6.45) is 0. The van der Waals surface area contributed by atoms with Crippen LogP contribution in [0.15, 0.2) is 18.2 Å². The minimum Gasteiger partial charge on any atom is -0.372 e. The van der Waals surface area contributed by atoms with E-state index in [0.717, 1.165) is 26.2 Å². The number of ether oxygens (including phenoxy) is 1. The molecule has 1 saturated heterocycles. The maximum absolute atomic E-state index is 5.80. The van der Waals surface area contributed by atoms with Gasteiger partial charge in [-0.3, -0.25) is 0 Å². The van der Waals surface area contributed by atoms with Gasteiger partial charge in [-0.25, -0.2) is 0 Å². The van der Waals surface area contributed by atoms with Crippen LogP contribution in [0.1, 0.15) is 45.7 Å². The Morgan fingerprint density at radius 1 is 1.29 bits per heavy atom. The highest BCUT2D eigenvalue weighted by Crippen LogP contribution is 2.26. The normalized spacial score (nSPS) is 18.9. The fourth-order valence-corrected chi connectivity index (χ4v) is 2.77. The minimum atomic E-state index is -0.0584. The van der Waals surface area contributed by atoms with Crippen LogP contribution in [0.5, 0.6) is 0 Å². The lowest BCUT2D eigenvalue weighted by Gasteiger charge is -2.40. The van der Waals surface area contributed by atoms with Crippen molar-refractivity contribution < 1.29 is 4.74 Å². The summed E-state index contributed by atoms with van der Waals surface area (Å²) >= 11 is 0. The van der Waals surface area contributed by atoms with Gasteiger partial charge in [0, 0.05) is 30.9 Å². The molecule has 0 saturated carbocycles. The van der Waals surface area contributed by atoms with Gasteiger partial charge in [-0.15, -0.1) is 0 Å². The van der Waals surface area contributed by atoms with Crippen molar-refractivity contribution in [1.29, 1.82) is 0 Å². The largest absolute Gasteiger partial charge is 0.372 e. The predicted octanol–water partition coefficient (Wildman–Crippen LogP) is 3.50. The first-order valence-electron chi connectivity index (χ1n) is 7.90. The molecule has 1 heterocycles. The number of anilines is 1. The van der Waals surface area contributed by atoms with E-state index < -0.39 is 0 Å². The van der Waals surface area contributed by atoms with Crippen LogP contribution in [0.2, 0.25) is 0 Å². The van der Waals surface area contributed by atoms with Crippen molar-refractivity contribution in [2.45, 2.75) is 59.2 Å². The van der Waals surface area contributed by atoms with Crippen molar-refractivity contribution in [2.75, 3.05) is 24.6 Å². The number of hydrogen-bond donors (Lipinski definition) is 1. The summed E-state index contributed by atoms with van der Waals surface area (Å²) in [7, 11) is 0. The molecular formula is C18H30N2O. The first-order chi connectivity index (χ1) is 9.66. The van der Waals surface area contributed by atoms with Crippen LogP contribution in [0.4, 0.5) is 5.69 Å². The molecule has 2 rings (SSSR count). The van der Waals surface area contributed by atoms with Gasteiger partial charge < -0.3 is 15.0 Å². The Morgan fingerprint density at radius 3 is 2.57 bits per heavy atom. The molecule has 118 valence electrons. The van der Waals surface area contributed by atoms with E-state index >= 15 is 0 Å². The highest BCUT2D eigenvalue weighted by atomic mass is 16.5. The van der Waals surface area contributed by atoms with Crippen molar-refractivity contribution in [3.05, 3.63) is 29.3 Å². The van der Waals surface area contributed by atoms with E-state index in [-0.39, 0.29) is 11.1 Å². The molecule has 0 aliphatic carbocycles. The number of benzene rings is 1. The molecule has 1 aliphatic heterocycles. The number of aryl methyl sites for hydroxylation is 1. The van der Waals surface area contributed by atoms with Crippen LogP contribution >= 0.6 is 0 Å². The Labute approximate surface area is 129 Å². The lowest BCUT2D eigenvalue weighted by Crippen LogP contribution is -2.48. The van der Waals surface area contributed by atoms with Gasteiger partial charge in [0.15, 0.2) is 0 Å². The van der Waals surface area contributed by atoms with Gasteiger partial charge in [-0.1, -0.05) is 12.1 Å². The molecule has 1 aliphatic rings. The number of nitrogens with zero attached hydrogens (tertiary/aromatic N) is 1. The predicted molar refractivity (Wildman–Crippen MR) is 90.0 cm³/mol. The summed E-state index contributed by atoms with van der Waals surface area (Å²) in [6.45, 7) is 16.8. The first-order valence-corrected chi connectivity index (χ1v) is 7.90. The third-order valence-electron chi connectivity index (χ3n) is 3.85. The minimum absolute atomic E-state index is 0.0584. The monoisotopic (exact) mass is 290 g/mol. The van der Waals surface area contributed by atoms with Crippen molar-refractivity contribution in [3.8, 4) is 0 Å². The van der Waals surface area contributed by atoms with Gasteiger partial charge in [0.05, 0.1) is 12.2 Å². The molecule has 0 bridgehead atoms. The Hall–Kier alpha value is -1.06. The van der Waals surface area contributed by atoms with Crippen LogP contribution < -0.4 is 10.2 Å². The van der Waals surface area contributed by atoms with E-state index in [0.29, 0.717) is 0 Å². The van der Waals surface area contributed by atoms with Crippen molar-refractivity contribution in [3.63, 3.8) is 0 Å². The molecule has 0 amide bonds. The molecule has 1 aromatic rings. The lowest BCUT2D eigenvalue weighted by atomic mass is 10.0. The zero-order valence-electron chi connectivity index (χ0n) is 14.4. The number of nitrogens with one attached hydrogen (secondary N) is 1. The first kappa shape index (κ1) is 16.3. The molecule has 1 N–H and O–H groups in total. The van der Waals surface area contributed by atoms with Crippen molar-refractivity contribution >= 4 is 5.69 Å². The zero-order chi connectivity index (χ0) is 15.7. The fraction of sp³-hybridized carbons (Fsp3) is 0.667. The second-order valence-electron chi connectivity index (χ2n) is 7.75. The summed E-state index contributed by atoms with van der Waals surface area (Å²) < 4.78 is 5.80. The molecule has 0 atom stereocenters. The average Bonchev–Trinajstić information content (AvgIpc) is 2.34. The van der Waals surface area contributed by atoms with Crippen LogP contribution in [-0.2, 0) is 11.3 Å². The fourth-order valence-electron chi connectivity index (χ4n) is 2.77. The second kappa shape index (κ2) is 5.98. The molecule has 0 spiro atoms. The summed E-state index contributed by atoms with van der Waals surface area (Å²) in [5.74, 6) is 0. The number of hydrogen-bond acceptors (Lipinski definition) is 3. The van der Waals surface area contributed by atoms with E-state index in [1.54, 1.807) is 0 Å². The maximum Gasteiger partial charge on any atom is 0.0801 e. The van der Waals surface area contributed by atoms with Gasteiger partial charge in [-0.05, 0) is 58.7 Å². The van der Waals surface area contributed by atoms with Crippen LogP contribution in [0.25, 0.3) is 0 Å². The SMILES string of the molecule is Cc1cc(CNC(C)(C)C)ccc1N1CCOC(C)(C)C1. The quantitative estimate of drug-likeness (QED) is 0.922. The molecule has 0 radical (unpaired) electrons. The molecule has 1 aromatic carbocycles. The molecule has 1 fully saturated rings. The van der Waals surface area contributed by atoms with Gasteiger partial charge in [0.1, 0.15) is 0 Å². The van der Waals surface area contributed by atoms with E-state index in [1.165, 1.54) is 16.8 Å². The Bertz CT molecular complexity index is 488. The molecule has 3 heteroatoms. The zero-order valence-corrected chi connectivity index (χ0v) is 14.4. The van der Waals surface area contributed by atoms with Gasteiger partial charge in [-0.2, -0.15) is 0 Å². The lowest BCUT2D eigenvalue weighted by molar-refractivity contribution is -0.0277. The third kappa shape index (κ3) is 4.72. The molecule has 0 aromatic heterocycles. The molecular weight excluding hydrogens is 260 g/mol. The molecule has 21 heavy (non-hydrogen) atoms. The molecule has 0 unspecified atom stereocenters. The van der Waals surface area contributed by atoms with E-state index in [1.807, 2.05) is 0 Å². The van der Waals surface area contributed by atoms with Gasteiger partial charge in [0.2, 0.25) is 0 Å². The third-order valence-corrected chi connectivity index (χ3v) is 3.85. The average molecular weight is 290 g/mol. The van der Waals surface area contributed by atoms with Crippen molar-refractivity contribution in [2.24, 2.45) is 0 Å². The van der Waals surface area contributed by atoms with E-state index in [2.05, 4.69) is 70.0 Å². The van der Waals surface area contributed by atoms with Crippen LogP contribution in [0.3, 0.4) is 0 Å². The Kier molecular flexibility index (Phi) is 4.64. The second-order valence-corrected chi connectivity index (χ2v) is 7.75. The summed E-state index contributed by atoms with van der Waals surface area (Å²) in [4.78, 5) is 2.44. The number of morpholine rings is 1. The smallest absolute Gasteiger partial charge is 0.0801 e. The standard InChI is InChI=1S/C18H30N2O/c1-14-11-15(12-19-17(2,3)4)7-8-16(14)20-9-10-21-18(5,6)13-20/h7-8,11,19H,9-10,12-13H2,1-6H3. The van der Waals surface area contributed by atoms with E-state index in [4.69, 9.17) is 4.74 Å². The summed E-state index contributed by atoms with van der Waals surface area (Å²) in [6, 6.07) is 6.80.